The zero-order valence-corrected chi connectivity index (χ0v) is 17.0. The van der Waals surface area contributed by atoms with Crippen molar-refractivity contribution >= 4 is 37.3 Å². The van der Waals surface area contributed by atoms with Crippen LogP contribution in [0, 0.1) is 5.82 Å². The van der Waals surface area contributed by atoms with Gasteiger partial charge in [0.15, 0.2) is 5.82 Å². The number of rotatable bonds is 8. The number of benzene rings is 2. The molecular formula is C21H24BFN4O3. The Labute approximate surface area is 175 Å². The molecule has 0 fully saturated rings. The third-order valence-electron chi connectivity index (χ3n) is 5.61. The molecule has 0 spiro atoms. The number of aldehydes is 1. The van der Waals surface area contributed by atoms with Crippen molar-refractivity contribution in [2.24, 2.45) is 0 Å². The number of anilines is 2. The van der Waals surface area contributed by atoms with Crippen molar-refractivity contribution < 1.29 is 18.8 Å². The predicted molar refractivity (Wildman–Crippen MR) is 115 cm³/mol. The van der Waals surface area contributed by atoms with Gasteiger partial charge < -0.3 is 26.1 Å². The van der Waals surface area contributed by atoms with Crippen LogP contribution in [0.25, 0.3) is 0 Å². The third-order valence-corrected chi connectivity index (χ3v) is 5.61. The van der Waals surface area contributed by atoms with Gasteiger partial charge in [0, 0.05) is 48.9 Å². The summed E-state index contributed by atoms with van der Waals surface area (Å²) in [5.41, 5.74) is 6.84. The summed E-state index contributed by atoms with van der Waals surface area (Å²) in [7, 11) is 3.16. The van der Waals surface area contributed by atoms with Crippen LogP contribution < -0.4 is 16.4 Å². The fourth-order valence-corrected chi connectivity index (χ4v) is 3.80. The number of hydrogen-bond donors (Lipinski definition) is 3. The fraction of sp³-hybridized carbons (Fsp3) is 0.286. The molecule has 1 aliphatic heterocycles. The molecule has 0 radical (unpaired) electrons. The number of nitrogen functional groups attached to an aromatic ring is 1. The number of nitrogens with one attached hydrogen (secondary N) is 2. The molecule has 2 aromatic carbocycles. The van der Waals surface area contributed by atoms with Gasteiger partial charge in [-0.3, -0.25) is 9.59 Å². The summed E-state index contributed by atoms with van der Waals surface area (Å²) in [5, 5.41) is 5.77. The zero-order chi connectivity index (χ0) is 21.9. The predicted octanol–water partition coefficient (Wildman–Crippen LogP) is 1.03. The number of fused-ring (bicyclic) bond motifs is 1. The van der Waals surface area contributed by atoms with Crippen LogP contribution in [0.5, 0.6) is 0 Å². The summed E-state index contributed by atoms with van der Waals surface area (Å²) in [5.74, 6) is -1.08. The van der Waals surface area contributed by atoms with E-state index < -0.39 is 11.3 Å². The minimum Gasteiger partial charge on any atom is -0.396 e. The van der Waals surface area contributed by atoms with Crippen molar-refractivity contribution in [3.05, 3.63) is 58.9 Å². The van der Waals surface area contributed by atoms with E-state index in [1.807, 2.05) is 6.07 Å². The Morgan fingerprint density at radius 3 is 2.77 bits per heavy atom. The maximum absolute atomic E-state index is 14.2. The lowest BCUT2D eigenvalue weighted by Crippen LogP contribution is -2.59. The Balaban J connectivity index is 1.88. The standard InChI is InChI=1S/C21H24BFN4O3/c1-25-20(30)21(22,9-4-10-28)27-12-15-14(19(27)29)6-3-8-17(15)26-11-13-5-2-7-16(24)18(13)23/h2-3,5-8,10,26H,4,9,11-12,22,24H2,1H3,(H,25,30). The molecule has 0 aromatic heterocycles. The van der Waals surface area contributed by atoms with Crippen LogP contribution in [0.1, 0.15) is 34.3 Å². The molecule has 4 N–H and O–H groups in total. The molecular weight excluding hydrogens is 386 g/mol. The smallest absolute Gasteiger partial charge is 0.254 e. The lowest BCUT2D eigenvalue weighted by atomic mass is 9.71. The summed E-state index contributed by atoms with van der Waals surface area (Å²) in [6.07, 6.45) is 1.11. The Hall–Kier alpha value is -3.36. The molecule has 9 heteroatoms. The first kappa shape index (κ1) is 21.4. The average Bonchev–Trinajstić information content (AvgIpc) is 3.10. The van der Waals surface area contributed by atoms with Gasteiger partial charge in [-0.15, -0.1) is 0 Å². The number of carbonyl (C=O) groups excluding carboxylic acids is 3. The number of hydrogen-bond acceptors (Lipinski definition) is 5. The van der Waals surface area contributed by atoms with Crippen molar-refractivity contribution in [2.75, 3.05) is 18.1 Å². The molecule has 3 rings (SSSR count). The minimum atomic E-state index is -1.16. The van der Waals surface area contributed by atoms with Crippen LogP contribution in [-0.2, 0) is 22.7 Å². The van der Waals surface area contributed by atoms with Crippen LogP contribution in [-0.4, -0.2) is 43.3 Å². The van der Waals surface area contributed by atoms with Crippen molar-refractivity contribution in [1.82, 2.24) is 10.2 Å². The largest absolute Gasteiger partial charge is 0.396 e. The van der Waals surface area contributed by atoms with E-state index in [9.17, 15) is 18.8 Å². The summed E-state index contributed by atoms with van der Waals surface area (Å²) < 4.78 is 14.2. The van der Waals surface area contributed by atoms with Crippen LogP contribution in [0.2, 0.25) is 0 Å². The van der Waals surface area contributed by atoms with Gasteiger partial charge >= 0.3 is 0 Å². The van der Waals surface area contributed by atoms with E-state index in [1.165, 1.54) is 18.0 Å². The Morgan fingerprint density at radius 1 is 1.33 bits per heavy atom. The summed E-state index contributed by atoms with van der Waals surface area (Å²) in [6, 6.07) is 10.1. The molecule has 0 aliphatic carbocycles. The third kappa shape index (κ3) is 3.75. The highest BCUT2D eigenvalue weighted by Gasteiger charge is 2.45. The van der Waals surface area contributed by atoms with Crippen LogP contribution in [0.3, 0.4) is 0 Å². The van der Waals surface area contributed by atoms with E-state index in [1.54, 1.807) is 32.1 Å². The Morgan fingerprint density at radius 2 is 2.07 bits per heavy atom. The molecule has 0 saturated heterocycles. The van der Waals surface area contributed by atoms with E-state index in [0.717, 1.165) is 11.8 Å². The van der Waals surface area contributed by atoms with E-state index in [4.69, 9.17) is 5.73 Å². The summed E-state index contributed by atoms with van der Waals surface area (Å²) >= 11 is 0. The van der Waals surface area contributed by atoms with Gasteiger partial charge in [-0.1, -0.05) is 18.2 Å². The number of nitrogens with zero attached hydrogens (tertiary/aromatic N) is 1. The fourth-order valence-electron chi connectivity index (χ4n) is 3.80. The second kappa shape index (κ2) is 8.56. The monoisotopic (exact) mass is 410 g/mol. The van der Waals surface area contributed by atoms with Crippen LogP contribution >= 0.6 is 0 Å². The van der Waals surface area contributed by atoms with E-state index >= 15 is 0 Å². The second-order valence-electron chi connectivity index (χ2n) is 7.46. The van der Waals surface area contributed by atoms with Gasteiger partial charge in [-0.05, 0) is 24.6 Å². The molecule has 1 aliphatic rings. The lowest BCUT2D eigenvalue weighted by molar-refractivity contribution is -0.127. The van der Waals surface area contributed by atoms with Gasteiger partial charge in [0.1, 0.15) is 14.1 Å². The quantitative estimate of drug-likeness (QED) is 0.343. The second-order valence-corrected chi connectivity index (χ2v) is 7.46. The van der Waals surface area contributed by atoms with Gasteiger partial charge in [0.2, 0.25) is 5.91 Å². The van der Waals surface area contributed by atoms with Gasteiger partial charge in [0.05, 0.1) is 11.1 Å². The normalized spacial score (nSPS) is 14.7. The van der Waals surface area contributed by atoms with Crippen molar-refractivity contribution in [3.63, 3.8) is 0 Å². The molecule has 0 saturated carbocycles. The average molecular weight is 410 g/mol. The number of halogens is 1. The highest BCUT2D eigenvalue weighted by Crippen LogP contribution is 2.35. The van der Waals surface area contributed by atoms with Crippen LogP contribution in [0.4, 0.5) is 15.8 Å². The highest BCUT2D eigenvalue weighted by molar-refractivity contribution is 6.30. The van der Waals surface area contributed by atoms with Gasteiger partial charge in [0.25, 0.3) is 5.91 Å². The Bertz CT molecular complexity index is 1000. The number of likely N-dealkylation sites (N-methyl/N-ethyl adjacent to an activating group) is 1. The molecule has 0 bridgehead atoms. The molecule has 30 heavy (non-hydrogen) atoms. The minimum absolute atomic E-state index is 0.0745. The van der Waals surface area contributed by atoms with Crippen molar-refractivity contribution in [2.45, 2.75) is 31.4 Å². The van der Waals surface area contributed by atoms with Gasteiger partial charge in [-0.25, -0.2) is 4.39 Å². The molecule has 2 amide bonds. The number of amides is 2. The highest BCUT2D eigenvalue weighted by atomic mass is 19.1. The zero-order valence-electron chi connectivity index (χ0n) is 17.0. The van der Waals surface area contributed by atoms with Crippen molar-refractivity contribution in [1.29, 1.82) is 0 Å². The van der Waals surface area contributed by atoms with Crippen LogP contribution in [0.15, 0.2) is 36.4 Å². The number of carbonyl (C=O) groups is 3. The topological polar surface area (TPSA) is 105 Å². The lowest BCUT2D eigenvalue weighted by Gasteiger charge is -2.37. The molecule has 156 valence electrons. The first-order valence-corrected chi connectivity index (χ1v) is 9.70. The first-order chi connectivity index (χ1) is 14.3. The first-order valence-electron chi connectivity index (χ1n) is 9.70. The SMILES string of the molecule is BC(CCC=O)(C(=O)NC)N1Cc2c(NCc3cccc(N)c3F)cccc2C1=O. The van der Waals surface area contributed by atoms with Gasteiger partial charge in [-0.2, -0.15) is 0 Å². The molecule has 2 aromatic rings. The van der Waals surface area contributed by atoms with E-state index in [-0.39, 0.29) is 43.4 Å². The molecule has 1 heterocycles. The maximum atomic E-state index is 14.2. The van der Waals surface area contributed by atoms with E-state index in [2.05, 4.69) is 10.6 Å². The molecule has 7 nitrogen and oxygen atoms in total. The van der Waals surface area contributed by atoms with E-state index in [0.29, 0.717) is 16.8 Å². The molecule has 1 atom stereocenters. The Kier molecular flexibility index (Phi) is 6.10. The number of nitrogens with two attached hydrogens (primary N) is 1. The summed E-state index contributed by atoms with van der Waals surface area (Å²) in [4.78, 5) is 38.1. The summed E-state index contributed by atoms with van der Waals surface area (Å²) in [6.45, 7) is 0.402. The van der Waals surface area contributed by atoms with Crippen molar-refractivity contribution in [3.8, 4) is 0 Å². The maximum Gasteiger partial charge on any atom is 0.254 e. The molecule has 1 unspecified atom stereocenters.